The molecule has 2 atom stereocenters. The van der Waals surface area contributed by atoms with E-state index in [1.807, 2.05) is 91.0 Å². The third-order valence-electron chi connectivity index (χ3n) is 4.37. The molecule has 0 saturated heterocycles. The summed E-state index contributed by atoms with van der Waals surface area (Å²) in [5.41, 5.74) is 3.92. The summed E-state index contributed by atoms with van der Waals surface area (Å²) in [6, 6.07) is 29.8. The molecule has 0 aromatic heterocycles. The van der Waals surface area contributed by atoms with E-state index in [0.29, 0.717) is 13.0 Å². The van der Waals surface area contributed by atoms with Gasteiger partial charge in [0, 0.05) is 6.42 Å². The van der Waals surface area contributed by atoms with E-state index in [-0.39, 0.29) is 6.10 Å². The molecule has 3 rings (SSSR count). The van der Waals surface area contributed by atoms with Gasteiger partial charge in [-0.05, 0) is 22.3 Å². The molecule has 132 valence electrons. The molecule has 3 aromatic rings. The van der Waals surface area contributed by atoms with Crippen LogP contribution in [0.15, 0.2) is 103 Å². The number of aliphatic hydroxyl groups is 1. The van der Waals surface area contributed by atoms with Crippen molar-refractivity contribution in [2.75, 3.05) is 0 Å². The van der Waals surface area contributed by atoms with E-state index in [1.165, 1.54) is 0 Å². The number of hydrogen-bond acceptors (Lipinski definition) is 2. The van der Waals surface area contributed by atoms with Crippen molar-refractivity contribution in [3.05, 3.63) is 120 Å². The number of ether oxygens (including phenoxy) is 1. The zero-order valence-corrected chi connectivity index (χ0v) is 14.8. The summed E-state index contributed by atoms with van der Waals surface area (Å²) in [5, 5.41) is 10.6. The lowest BCUT2D eigenvalue weighted by molar-refractivity contribution is 0.0559. The van der Waals surface area contributed by atoms with Gasteiger partial charge in [-0.25, -0.2) is 0 Å². The second-order valence-corrected chi connectivity index (χ2v) is 6.38. The van der Waals surface area contributed by atoms with Crippen LogP contribution in [0.2, 0.25) is 0 Å². The van der Waals surface area contributed by atoms with E-state index >= 15 is 0 Å². The summed E-state index contributed by atoms with van der Waals surface area (Å²) < 4.78 is 6.20. The van der Waals surface area contributed by atoms with Gasteiger partial charge in [-0.1, -0.05) is 97.6 Å². The zero-order valence-electron chi connectivity index (χ0n) is 14.8. The van der Waals surface area contributed by atoms with Crippen LogP contribution >= 0.6 is 0 Å². The standard InChI is InChI=1S/C24H24O2/c1-19(17-23(25)21-13-7-3-8-14-21)24(22-15-9-4-10-16-22)26-18-20-11-5-2-6-12-20/h2-16,23-25H,1,17-18H2/t23-,24-/m0/s1. The second-order valence-electron chi connectivity index (χ2n) is 6.38. The maximum Gasteiger partial charge on any atom is 0.104 e. The predicted octanol–water partition coefficient (Wildman–Crippen LogP) is 5.62. The Labute approximate surface area is 155 Å². The SMILES string of the molecule is C=C(C[C@H](O)c1ccccc1)[C@H](OCc1ccccc1)c1ccccc1. The molecule has 0 radical (unpaired) electrons. The lowest BCUT2D eigenvalue weighted by atomic mass is 9.95. The fourth-order valence-corrected chi connectivity index (χ4v) is 2.98. The average Bonchev–Trinajstić information content (AvgIpc) is 2.70. The Morgan fingerprint density at radius 3 is 1.85 bits per heavy atom. The lowest BCUT2D eigenvalue weighted by Crippen LogP contribution is -2.10. The van der Waals surface area contributed by atoms with Crippen molar-refractivity contribution < 1.29 is 9.84 Å². The highest BCUT2D eigenvalue weighted by Gasteiger charge is 2.19. The van der Waals surface area contributed by atoms with Crippen LogP contribution in [0.3, 0.4) is 0 Å². The highest BCUT2D eigenvalue weighted by atomic mass is 16.5. The molecule has 0 unspecified atom stereocenters. The Morgan fingerprint density at radius 2 is 1.27 bits per heavy atom. The Balaban J connectivity index is 1.73. The number of aliphatic hydroxyl groups excluding tert-OH is 1. The van der Waals surface area contributed by atoms with E-state index in [2.05, 4.69) is 6.58 Å². The minimum atomic E-state index is -0.588. The van der Waals surface area contributed by atoms with Crippen LogP contribution in [0, 0.1) is 0 Å². The van der Waals surface area contributed by atoms with Crippen LogP contribution in [-0.4, -0.2) is 5.11 Å². The molecule has 0 amide bonds. The minimum absolute atomic E-state index is 0.255. The van der Waals surface area contributed by atoms with Crippen LogP contribution < -0.4 is 0 Å². The summed E-state index contributed by atoms with van der Waals surface area (Å²) in [6.07, 6.45) is -0.386. The van der Waals surface area contributed by atoms with Crippen molar-refractivity contribution in [1.29, 1.82) is 0 Å². The van der Waals surface area contributed by atoms with E-state index < -0.39 is 6.10 Å². The summed E-state index contributed by atoms with van der Waals surface area (Å²) in [6.45, 7) is 4.73. The van der Waals surface area contributed by atoms with Gasteiger partial charge in [0.05, 0.1) is 12.7 Å². The molecule has 0 saturated carbocycles. The van der Waals surface area contributed by atoms with Crippen LogP contribution in [0.5, 0.6) is 0 Å². The predicted molar refractivity (Wildman–Crippen MR) is 106 cm³/mol. The van der Waals surface area contributed by atoms with Crippen LogP contribution in [0.25, 0.3) is 0 Å². The molecule has 0 aliphatic rings. The Hall–Kier alpha value is -2.68. The van der Waals surface area contributed by atoms with E-state index in [1.54, 1.807) is 0 Å². The highest BCUT2D eigenvalue weighted by Crippen LogP contribution is 2.32. The molecule has 2 heteroatoms. The summed E-state index contributed by atoms with van der Waals surface area (Å²) >= 11 is 0. The molecule has 1 N–H and O–H groups in total. The van der Waals surface area contributed by atoms with Crippen molar-refractivity contribution >= 4 is 0 Å². The molecule has 0 bridgehead atoms. The van der Waals surface area contributed by atoms with Gasteiger partial charge in [0.25, 0.3) is 0 Å². The number of rotatable bonds is 8. The average molecular weight is 344 g/mol. The fourth-order valence-electron chi connectivity index (χ4n) is 2.98. The molecule has 0 fully saturated rings. The molecule has 2 nitrogen and oxygen atoms in total. The third-order valence-corrected chi connectivity index (χ3v) is 4.37. The first-order valence-electron chi connectivity index (χ1n) is 8.85. The van der Waals surface area contributed by atoms with Gasteiger partial charge < -0.3 is 9.84 Å². The normalized spacial score (nSPS) is 13.1. The summed E-state index contributed by atoms with van der Waals surface area (Å²) in [5.74, 6) is 0. The largest absolute Gasteiger partial charge is 0.388 e. The highest BCUT2D eigenvalue weighted by molar-refractivity contribution is 5.27. The maximum atomic E-state index is 10.6. The first-order valence-corrected chi connectivity index (χ1v) is 8.85. The van der Waals surface area contributed by atoms with Crippen LogP contribution in [0.1, 0.15) is 35.3 Å². The molecule has 0 heterocycles. The Morgan fingerprint density at radius 1 is 0.769 bits per heavy atom. The third kappa shape index (κ3) is 4.92. The molecule has 0 aliphatic carbocycles. The van der Waals surface area contributed by atoms with Gasteiger partial charge in [-0.2, -0.15) is 0 Å². The van der Waals surface area contributed by atoms with E-state index in [0.717, 1.165) is 22.3 Å². The van der Waals surface area contributed by atoms with E-state index in [9.17, 15) is 5.11 Å². The van der Waals surface area contributed by atoms with E-state index in [4.69, 9.17) is 4.74 Å². The second kappa shape index (κ2) is 9.14. The van der Waals surface area contributed by atoms with Gasteiger partial charge in [0.2, 0.25) is 0 Å². The number of hydrogen-bond donors (Lipinski definition) is 1. The van der Waals surface area contributed by atoms with Crippen molar-refractivity contribution in [3.63, 3.8) is 0 Å². The van der Waals surface area contributed by atoms with Gasteiger partial charge in [-0.15, -0.1) is 0 Å². The van der Waals surface area contributed by atoms with Gasteiger partial charge >= 0.3 is 0 Å². The van der Waals surface area contributed by atoms with Crippen molar-refractivity contribution in [2.24, 2.45) is 0 Å². The smallest absolute Gasteiger partial charge is 0.104 e. The Bertz CT molecular complexity index is 797. The van der Waals surface area contributed by atoms with Crippen LogP contribution in [-0.2, 0) is 11.3 Å². The molecule has 3 aromatic carbocycles. The summed E-state index contributed by atoms with van der Waals surface area (Å²) in [4.78, 5) is 0. The molecule has 0 aliphatic heterocycles. The van der Waals surface area contributed by atoms with Crippen LogP contribution in [0.4, 0.5) is 0 Å². The van der Waals surface area contributed by atoms with Crippen molar-refractivity contribution in [1.82, 2.24) is 0 Å². The topological polar surface area (TPSA) is 29.5 Å². The van der Waals surface area contributed by atoms with Gasteiger partial charge in [-0.3, -0.25) is 0 Å². The molecular formula is C24H24O2. The molecule has 0 spiro atoms. The zero-order chi connectivity index (χ0) is 18.2. The fraction of sp³-hybridized carbons (Fsp3) is 0.167. The van der Waals surface area contributed by atoms with Crippen molar-refractivity contribution in [2.45, 2.75) is 25.2 Å². The molecule has 26 heavy (non-hydrogen) atoms. The number of benzene rings is 3. The quantitative estimate of drug-likeness (QED) is 0.537. The Kier molecular flexibility index (Phi) is 6.37. The first-order chi connectivity index (χ1) is 12.7. The van der Waals surface area contributed by atoms with Crippen molar-refractivity contribution in [3.8, 4) is 0 Å². The van der Waals surface area contributed by atoms with Gasteiger partial charge in [0.1, 0.15) is 6.10 Å². The first kappa shape index (κ1) is 18.1. The lowest BCUT2D eigenvalue weighted by Gasteiger charge is -2.23. The molecular weight excluding hydrogens is 320 g/mol. The maximum absolute atomic E-state index is 10.6. The summed E-state index contributed by atoms with van der Waals surface area (Å²) in [7, 11) is 0. The van der Waals surface area contributed by atoms with Gasteiger partial charge in [0.15, 0.2) is 0 Å². The minimum Gasteiger partial charge on any atom is -0.388 e. The monoisotopic (exact) mass is 344 g/mol.